The third-order valence-corrected chi connectivity index (χ3v) is 4.36. The predicted molar refractivity (Wildman–Crippen MR) is 95.8 cm³/mol. The monoisotopic (exact) mass is 362 g/mol. The number of likely N-dealkylation sites (N-methyl/N-ethyl adjacent to an activating group) is 1. The third-order valence-electron chi connectivity index (χ3n) is 4.36. The van der Waals surface area contributed by atoms with E-state index in [0.717, 1.165) is 0 Å². The van der Waals surface area contributed by atoms with Gasteiger partial charge in [0.25, 0.3) is 0 Å². The van der Waals surface area contributed by atoms with Crippen LogP contribution < -0.4 is 11.0 Å². The Balaban J connectivity index is 1.93. The van der Waals surface area contributed by atoms with Crippen molar-refractivity contribution in [1.29, 1.82) is 5.26 Å². The zero-order valence-electron chi connectivity index (χ0n) is 14.5. The number of hydrogen-bond acceptors (Lipinski definition) is 6. The largest absolute Gasteiger partial charge is 0.357 e. The molecule has 10 heteroatoms. The van der Waals surface area contributed by atoms with Crippen LogP contribution in [0.4, 0.5) is 0 Å². The van der Waals surface area contributed by atoms with Crippen LogP contribution in [0.25, 0.3) is 28.1 Å². The molecule has 1 amide bonds. The van der Waals surface area contributed by atoms with Gasteiger partial charge < -0.3 is 10.3 Å². The summed E-state index contributed by atoms with van der Waals surface area (Å²) in [5, 5.41) is 15.9. The lowest BCUT2D eigenvalue weighted by Crippen LogP contribution is -2.33. The molecule has 27 heavy (non-hydrogen) atoms. The Morgan fingerprint density at radius 2 is 2.22 bits per heavy atom. The van der Waals surface area contributed by atoms with Gasteiger partial charge in [0.15, 0.2) is 11.5 Å². The highest BCUT2D eigenvalue weighted by Crippen LogP contribution is 2.23. The highest BCUT2D eigenvalue weighted by molar-refractivity contribution is 5.83. The van der Waals surface area contributed by atoms with Gasteiger partial charge in [-0.15, -0.1) is 0 Å². The second kappa shape index (κ2) is 6.06. The summed E-state index contributed by atoms with van der Waals surface area (Å²) in [6.45, 7) is 1.61. The maximum absolute atomic E-state index is 12.3. The molecule has 0 aliphatic heterocycles. The maximum Gasteiger partial charge on any atom is 0.328 e. The molecule has 4 heterocycles. The van der Waals surface area contributed by atoms with Gasteiger partial charge in [-0.2, -0.15) is 10.4 Å². The first-order valence-corrected chi connectivity index (χ1v) is 8.10. The lowest BCUT2D eigenvalue weighted by molar-refractivity contribution is -0.123. The molecule has 0 saturated carbocycles. The Kier molecular flexibility index (Phi) is 3.70. The average Bonchev–Trinajstić information content (AvgIpc) is 3.25. The predicted octanol–water partition coefficient (Wildman–Crippen LogP) is 0.613. The second-order valence-corrected chi connectivity index (χ2v) is 5.94. The number of nitriles is 1. The topological polar surface area (TPSA) is 134 Å². The van der Waals surface area contributed by atoms with Crippen molar-refractivity contribution in [3.05, 3.63) is 46.8 Å². The molecule has 4 aromatic heterocycles. The molecule has 134 valence electrons. The Bertz CT molecular complexity index is 1290. The normalized spacial score (nSPS) is 12.2. The molecule has 0 spiro atoms. The van der Waals surface area contributed by atoms with Crippen LogP contribution in [-0.4, -0.2) is 42.1 Å². The minimum absolute atomic E-state index is 0.312. The number of pyridine rings is 1. The lowest BCUT2D eigenvalue weighted by atomic mass is 10.2. The quantitative estimate of drug-likeness (QED) is 0.548. The van der Waals surface area contributed by atoms with Crippen molar-refractivity contribution in [2.24, 2.45) is 0 Å². The number of nitrogens with zero attached hydrogens (tertiary/aromatic N) is 6. The van der Waals surface area contributed by atoms with E-state index in [4.69, 9.17) is 5.26 Å². The van der Waals surface area contributed by atoms with Crippen LogP contribution in [0.3, 0.4) is 0 Å². The molecular weight excluding hydrogens is 348 g/mol. The first kappa shape index (κ1) is 16.5. The molecular formula is C17H14N8O2. The fourth-order valence-corrected chi connectivity index (χ4v) is 2.95. The van der Waals surface area contributed by atoms with Gasteiger partial charge in [0, 0.05) is 13.2 Å². The molecule has 0 aliphatic rings. The van der Waals surface area contributed by atoms with Gasteiger partial charge in [-0.3, -0.25) is 9.36 Å². The molecule has 1 atom stereocenters. The van der Waals surface area contributed by atoms with E-state index < -0.39 is 11.7 Å². The highest BCUT2D eigenvalue weighted by atomic mass is 16.2. The molecule has 0 bridgehead atoms. The molecule has 0 saturated heterocycles. The molecule has 10 nitrogen and oxygen atoms in total. The van der Waals surface area contributed by atoms with E-state index in [1.807, 2.05) is 0 Å². The van der Waals surface area contributed by atoms with Crippen molar-refractivity contribution in [3.8, 4) is 17.5 Å². The first-order chi connectivity index (χ1) is 13.0. The minimum Gasteiger partial charge on any atom is -0.357 e. The number of hydrogen-bond donors (Lipinski definition) is 2. The summed E-state index contributed by atoms with van der Waals surface area (Å²) in [5.74, 6) is 0.0252. The van der Waals surface area contributed by atoms with Crippen molar-refractivity contribution in [2.75, 3.05) is 7.05 Å². The van der Waals surface area contributed by atoms with Crippen LogP contribution in [0.1, 0.15) is 18.5 Å². The molecule has 0 unspecified atom stereocenters. The van der Waals surface area contributed by atoms with Crippen LogP contribution in [0.2, 0.25) is 0 Å². The number of rotatable bonds is 3. The van der Waals surface area contributed by atoms with E-state index >= 15 is 0 Å². The number of aromatic nitrogens is 6. The standard InChI is InChI=1S/C17H14N8O2/c1-9(16(26)19-2)25-15-12(22-17(25)27)8-20-14(23-15)11-7-21-24-4-3-10(6-18)5-13(11)24/h3-5,7-9H,1-2H3,(H,19,26)(H,22,27)/t9-/m1/s1. The molecule has 4 aromatic rings. The van der Waals surface area contributed by atoms with Crippen LogP contribution in [0, 0.1) is 11.3 Å². The van der Waals surface area contributed by atoms with Crippen LogP contribution in [-0.2, 0) is 4.79 Å². The minimum atomic E-state index is -0.743. The van der Waals surface area contributed by atoms with E-state index in [1.54, 1.807) is 36.0 Å². The number of amides is 1. The average molecular weight is 362 g/mol. The zero-order chi connectivity index (χ0) is 19.1. The van der Waals surface area contributed by atoms with Crippen molar-refractivity contribution >= 4 is 22.6 Å². The number of aromatic amines is 1. The second-order valence-electron chi connectivity index (χ2n) is 5.94. The number of carbonyl (C=O) groups excluding carboxylic acids is 1. The fraction of sp³-hybridized carbons (Fsp3) is 0.176. The summed E-state index contributed by atoms with van der Waals surface area (Å²) in [7, 11) is 1.50. The van der Waals surface area contributed by atoms with Crippen molar-refractivity contribution in [1.82, 2.24) is 34.4 Å². The van der Waals surface area contributed by atoms with Crippen LogP contribution in [0.15, 0.2) is 35.5 Å². The summed E-state index contributed by atoms with van der Waals surface area (Å²) in [4.78, 5) is 35.7. The molecule has 0 fully saturated rings. The Hall–Kier alpha value is -4.00. The van der Waals surface area contributed by atoms with Gasteiger partial charge in [-0.1, -0.05) is 0 Å². The van der Waals surface area contributed by atoms with Gasteiger partial charge in [-0.05, 0) is 19.1 Å². The van der Waals surface area contributed by atoms with E-state index in [2.05, 4.69) is 31.4 Å². The fourth-order valence-electron chi connectivity index (χ4n) is 2.95. The molecule has 0 radical (unpaired) electrons. The van der Waals surface area contributed by atoms with E-state index in [1.165, 1.54) is 17.8 Å². The first-order valence-electron chi connectivity index (χ1n) is 8.10. The summed E-state index contributed by atoms with van der Waals surface area (Å²) < 4.78 is 2.90. The van der Waals surface area contributed by atoms with Crippen molar-refractivity contribution in [2.45, 2.75) is 13.0 Å². The smallest absolute Gasteiger partial charge is 0.328 e. The van der Waals surface area contributed by atoms with Crippen molar-refractivity contribution < 1.29 is 4.79 Å². The Labute approximate surface area is 152 Å². The molecule has 2 N–H and O–H groups in total. The summed E-state index contributed by atoms with van der Waals surface area (Å²) in [5.41, 5.74) is 2.06. The number of imidazole rings is 1. The number of carbonyl (C=O) groups is 1. The summed E-state index contributed by atoms with van der Waals surface area (Å²) in [6, 6.07) is 4.69. The lowest BCUT2D eigenvalue weighted by Gasteiger charge is -2.11. The van der Waals surface area contributed by atoms with E-state index in [0.29, 0.717) is 33.6 Å². The molecule has 4 rings (SSSR count). The van der Waals surface area contributed by atoms with Crippen LogP contribution >= 0.6 is 0 Å². The third kappa shape index (κ3) is 2.53. The van der Waals surface area contributed by atoms with Gasteiger partial charge >= 0.3 is 5.69 Å². The van der Waals surface area contributed by atoms with E-state index in [9.17, 15) is 9.59 Å². The SMILES string of the molecule is CNC(=O)[C@@H](C)n1c(=O)[nH]c2cnc(-c3cnn4ccc(C#N)cc34)nc21. The van der Waals surface area contributed by atoms with Crippen molar-refractivity contribution in [3.63, 3.8) is 0 Å². The van der Waals surface area contributed by atoms with E-state index in [-0.39, 0.29) is 5.91 Å². The van der Waals surface area contributed by atoms with Gasteiger partial charge in [-0.25, -0.2) is 19.3 Å². The molecule has 0 aromatic carbocycles. The summed E-state index contributed by atoms with van der Waals surface area (Å²) in [6.07, 6.45) is 4.76. The van der Waals surface area contributed by atoms with Gasteiger partial charge in [0.05, 0.1) is 35.1 Å². The highest BCUT2D eigenvalue weighted by Gasteiger charge is 2.21. The van der Waals surface area contributed by atoms with Gasteiger partial charge in [0.2, 0.25) is 5.91 Å². The number of fused-ring (bicyclic) bond motifs is 2. The zero-order valence-corrected chi connectivity index (χ0v) is 14.5. The van der Waals surface area contributed by atoms with Crippen LogP contribution in [0.5, 0.6) is 0 Å². The molecule has 0 aliphatic carbocycles. The number of nitrogens with one attached hydrogen (secondary N) is 2. The Morgan fingerprint density at radius 1 is 1.41 bits per heavy atom. The Morgan fingerprint density at radius 3 is 2.96 bits per heavy atom. The maximum atomic E-state index is 12.3. The van der Waals surface area contributed by atoms with Gasteiger partial charge in [0.1, 0.15) is 11.6 Å². The summed E-state index contributed by atoms with van der Waals surface area (Å²) >= 11 is 0. The number of H-pyrrole nitrogens is 1.